The van der Waals surface area contributed by atoms with E-state index >= 15 is 0 Å². The van der Waals surface area contributed by atoms with E-state index in [-0.39, 0.29) is 5.82 Å². The van der Waals surface area contributed by atoms with Crippen molar-refractivity contribution in [3.8, 4) is 0 Å². The highest BCUT2D eigenvalue weighted by molar-refractivity contribution is 5.49. The smallest absolute Gasteiger partial charge is 0.146 e. The fourth-order valence-corrected chi connectivity index (χ4v) is 1.71. The molecule has 1 aromatic rings. The molecule has 0 N–H and O–H groups in total. The SMILES string of the molecule is CC(C)Cc1ccc(N(C)C(C)C)c(F)c1. The molecule has 0 bridgehead atoms. The summed E-state index contributed by atoms with van der Waals surface area (Å²) >= 11 is 0. The van der Waals surface area contributed by atoms with Gasteiger partial charge in [-0.1, -0.05) is 19.9 Å². The largest absolute Gasteiger partial charge is 0.370 e. The Morgan fingerprint density at radius 2 is 1.81 bits per heavy atom. The summed E-state index contributed by atoms with van der Waals surface area (Å²) in [6, 6.07) is 5.88. The number of hydrogen-bond donors (Lipinski definition) is 0. The van der Waals surface area contributed by atoms with E-state index in [9.17, 15) is 4.39 Å². The minimum absolute atomic E-state index is 0.116. The van der Waals surface area contributed by atoms with Gasteiger partial charge in [0.15, 0.2) is 0 Å². The molecule has 0 radical (unpaired) electrons. The third-order valence-electron chi connectivity index (χ3n) is 2.81. The quantitative estimate of drug-likeness (QED) is 0.749. The lowest BCUT2D eigenvalue weighted by Crippen LogP contribution is -2.26. The van der Waals surface area contributed by atoms with Crippen LogP contribution in [0, 0.1) is 11.7 Å². The van der Waals surface area contributed by atoms with E-state index < -0.39 is 0 Å². The first-order valence-corrected chi connectivity index (χ1v) is 5.93. The van der Waals surface area contributed by atoms with Crippen LogP contribution in [0.4, 0.5) is 10.1 Å². The normalized spacial score (nSPS) is 11.2. The van der Waals surface area contributed by atoms with Crippen molar-refractivity contribution in [2.75, 3.05) is 11.9 Å². The Hall–Kier alpha value is -1.05. The Balaban J connectivity index is 2.91. The zero-order valence-corrected chi connectivity index (χ0v) is 10.9. The molecule has 0 aliphatic carbocycles. The van der Waals surface area contributed by atoms with Crippen LogP contribution in [-0.2, 0) is 6.42 Å². The van der Waals surface area contributed by atoms with E-state index in [2.05, 4.69) is 27.7 Å². The van der Waals surface area contributed by atoms with Crippen molar-refractivity contribution in [2.45, 2.75) is 40.2 Å². The predicted molar refractivity (Wildman–Crippen MR) is 68.5 cm³/mol. The fraction of sp³-hybridized carbons (Fsp3) is 0.571. The van der Waals surface area contributed by atoms with Gasteiger partial charge in [-0.05, 0) is 43.9 Å². The number of rotatable bonds is 4. The van der Waals surface area contributed by atoms with E-state index in [1.165, 1.54) is 0 Å². The molecule has 0 aliphatic heterocycles. The molecule has 1 rings (SSSR count). The van der Waals surface area contributed by atoms with Crippen LogP contribution in [0.3, 0.4) is 0 Å². The number of hydrogen-bond acceptors (Lipinski definition) is 1. The summed E-state index contributed by atoms with van der Waals surface area (Å²) in [5.41, 5.74) is 1.76. The van der Waals surface area contributed by atoms with Crippen LogP contribution in [0.15, 0.2) is 18.2 Å². The van der Waals surface area contributed by atoms with Gasteiger partial charge in [0.1, 0.15) is 5.82 Å². The lowest BCUT2D eigenvalue weighted by molar-refractivity contribution is 0.602. The van der Waals surface area contributed by atoms with Crippen molar-refractivity contribution in [3.63, 3.8) is 0 Å². The Morgan fingerprint density at radius 3 is 2.25 bits per heavy atom. The highest BCUT2D eigenvalue weighted by Crippen LogP contribution is 2.22. The second-order valence-corrected chi connectivity index (χ2v) is 5.09. The van der Waals surface area contributed by atoms with Crippen molar-refractivity contribution in [1.82, 2.24) is 0 Å². The minimum atomic E-state index is -0.116. The first-order chi connectivity index (χ1) is 7.41. The van der Waals surface area contributed by atoms with Crippen molar-refractivity contribution in [2.24, 2.45) is 5.92 Å². The maximum absolute atomic E-state index is 13.9. The predicted octanol–water partition coefficient (Wildman–Crippen LogP) is 3.87. The van der Waals surface area contributed by atoms with Gasteiger partial charge in [-0.25, -0.2) is 4.39 Å². The van der Waals surface area contributed by atoms with Gasteiger partial charge in [-0.3, -0.25) is 0 Å². The Kier molecular flexibility index (Phi) is 4.34. The monoisotopic (exact) mass is 223 g/mol. The van der Waals surface area contributed by atoms with Crippen LogP contribution in [-0.4, -0.2) is 13.1 Å². The molecule has 1 nitrogen and oxygen atoms in total. The number of nitrogens with zero attached hydrogens (tertiary/aromatic N) is 1. The average Bonchev–Trinajstić information content (AvgIpc) is 2.15. The zero-order valence-electron chi connectivity index (χ0n) is 10.9. The van der Waals surface area contributed by atoms with Crippen LogP contribution in [0.1, 0.15) is 33.3 Å². The third kappa shape index (κ3) is 3.22. The summed E-state index contributed by atoms with van der Waals surface area (Å²) < 4.78 is 13.9. The maximum atomic E-state index is 13.9. The molecular weight excluding hydrogens is 201 g/mol. The van der Waals surface area contributed by atoms with E-state index in [0.717, 1.165) is 12.0 Å². The highest BCUT2D eigenvalue weighted by Gasteiger charge is 2.11. The average molecular weight is 223 g/mol. The van der Waals surface area contributed by atoms with Gasteiger partial charge in [0.05, 0.1) is 5.69 Å². The van der Waals surface area contributed by atoms with Gasteiger partial charge in [0, 0.05) is 13.1 Å². The van der Waals surface area contributed by atoms with Crippen LogP contribution in [0.25, 0.3) is 0 Å². The summed E-state index contributed by atoms with van der Waals surface area (Å²) in [5.74, 6) is 0.447. The molecule has 0 aliphatic rings. The van der Waals surface area contributed by atoms with Crippen LogP contribution in [0.5, 0.6) is 0 Å². The highest BCUT2D eigenvalue weighted by atomic mass is 19.1. The summed E-state index contributed by atoms with van der Waals surface area (Å²) in [6.45, 7) is 8.40. The van der Waals surface area contributed by atoms with Gasteiger partial charge in [-0.2, -0.15) is 0 Å². The second-order valence-electron chi connectivity index (χ2n) is 5.09. The second kappa shape index (κ2) is 5.33. The fourth-order valence-electron chi connectivity index (χ4n) is 1.71. The zero-order chi connectivity index (χ0) is 12.3. The lowest BCUT2D eigenvalue weighted by atomic mass is 10.0. The number of benzene rings is 1. The summed E-state index contributed by atoms with van der Waals surface area (Å²) in [6.07, 6.45) is 0.933. The Bertz CT molecular complexity index is 345. The molecule has 0 amide bonds. The molecule has 0 aromatic heterocycles. The van der Waals surface area contributed by atoms with Gasteiger partial charge in [0.25, 0.3) is 0 Å². The molecule has 0 spiro atoms. The molecule has 0 fully saturated rings. The molecule has 0 heterocycles. The van der Waals surface area contributed by atoms with Crippen molar-refractivity contribution < 1.29 is 4.39 Å². The third-order valence-corrected chi connectivity index (χ3v) is 2.81. The molecule has 0 atom stereocenters. The van der Waals surface area contributed by atoms with Gasteiger partial charge in [0.2, 0.25) is 0 Å². The van der Waals surface area contributed by atoms with E-state index in [1.54, 1.807) is 6.07 Å². The summed E-state index contributed by atoms with van der Waals surface area (Å²) in [5, 5.41) is 0. The molecule has 0 unspecified atom stereocenters. The van der Waals surface area contributed by atoms with E-state index in [1.807, 2.05) is 24.1 Å². The van der Waals surface area contributed by atoms with Gasteiger partial charge >= 0.3 is 0 Å². The molecule has 0 saturated carbocycles. The first-order valence-electron chi connectivity index (χ1n) is 5.93. The number of halogens is 1. The van der Waals surface area contributed by atoms with Crippen molar-refractivity contribution in [1.29, 1.82) is 0 Å². The molecule has 90 valence electrons. The first kappa shape index (κ1) is 13.0. The van der Waals surface area contributed by atoms with Crippen LogP contribution >= 0.6 is 0 Å². The van der Waals surface area contributed by atoms with Crippen LogP contribution in [0.2, 0.25) is 0 Å². The summed E-state index contributed by atoms with van der Waals surface area (Å²) in [7, 11) is 1.92. The van der Waals surface area contributed by atoms with Crippen molar-refractivity contribution in [3.05, 3.63) is 29.6 Å². The maximum Gasteiger partial charge on any atom is 0.146 e. The molecular formula is C14H22FN. The van der Waals surface area contributed by atoms with Crippen molar-refractivity contribution >= 4 is 5.69 Å². The Morgan fingerprint density at radius 1 is 1.19 bits per heavy atom. The van der Waals surface area contributed by atoms with Crippen LogP contribution < -0.4 is 4.90 Å². The molecule has 0 saturated heterocycles. The molecule has 2 heteroatoms. The van der Waals surface area contributed by atoms with Gasteiger partial charge < -0.3 is 4.90 Å². The molecule has 1 aromatic carbocycles. The van der Waals surface area contributed by atoms with E-state index in [0.29, 0.717) is 17.6 Å². The topological polar surface area (TPSA) is 3.24 Å². The Labute approximate surface area is 98.3 Å². The number of anilines is 1. The summed E-state index contributed by atoms with van der Waals surface area (Å²) in [4.78, 5) is 1.95. The molecule has 16 heavy (non-hydrogen) atoms. The van der Waals surface area contributed by atoms with Gasteiger partial charge in [-0.15, -0.1) is 0 Å². The minimum Gasteiger partial charge on any atom is -0.370 e. The van der Waals surface area contributed by atoms with E-state index in [4.69, 9.17) is 0 Å². The lowest BCUT2D eigenvalue weighted by Gasteiger charge is -2.24. The standard InChI is InChI=1S/C14H22FN/c1-10(2)8-12-6-7-14(13(15)9-12)16(5)11(3)4/h6-7,9-11H,8H2,1-5H3.